The Bertz CT molecular complexity index is 519. The van der Waals surface area contributed by atoms with Gasteiger partial charge in [-0.25, -0.2) is 9.59 Å². The number of urea groups is 2. The molecule has 0 aliphatic heterocycles. The van der Waals surface area contributed by atoms with Gasteiger partial charge in [-0.2, -0.15) is 0 Å². The third-order valence-electron chi connectivity index (χ3n) is 2.35. The molecule has 1 aromatic carbocycles. The fraction of sp³-hybridized carbons (Fsp3) is 0.308. The van der Waals surface area contributed by atoms with Crippen LogP contribution in [0.4, 0.5) is 9.59 Å². The van der Waals surface area contributed by atoms with E-state index in [2.05, 4.69) is 9.71 Å². The molecular weight excluding hydrogens is 292 g/mol. The molecule has 0 unspecified atom stereocenters. The molecule has 0 fully saturated rings. The van der Waals surface area contributed by atoms with Crippen LogP contribution in [0.15, 0.2) is 40.2 Å². The van der Waals surface area contributed by atoms with Crippen molar-refractivity contribution in [3.8, 4) is 0 Å². The van der Waals surface area contributed by atoms with Crippen LogP contribution in [-0.2, 0) is 4.74 Å². The maximum Gasteiger partial charge on any atom is 0.347 e. The van der Waals surface area contributed by atoms with Gasteiger partial charge in [-0.05, 0) is 24.1 Å². The summed E-state index contributed by atoms with van der Waals surface area (Å²) in [5.41, 5.74) is 0. The number of amidine groups is 1. The monoisotopic (exact) mass is 310 g/mol. The van der Waals surface area contributed by atoms with Crippen molar-refractivity contribution in [1.82, 2.24) is 14.5 Å². The van der Waals surface area contributed by atoms with Crippen molar-refractivity contribution >= 4 is 30.0 Å². The van der Waals surface area contributed by atoms with E-state index < -0.39 is 12.1 Å². The predicted octanol–water partition coefficient (Wildman–Crippen LogP) is 2.02. The zero-order valence-electron chi connectivity index (χ0n) is 12.4. The van der Waals surface area contributed by atoms with Crippen molar-refractivity contribution < 1.29 is 14.3 Å². The molecule has 0 heterocycles. The fourth-order valence-corrected chi connectivity index (χ4v) is 1.82. The Kier molecular flexibility index (Phi) is 6.54. The average molecular weight is 310 g/mol. The number of hydrogen-bond donors (Lipinski definition) is 1. The van der Waals surface area contributed by atoms with Crippen LogP contribution in [0.5, 0.6) is 0 Å². The number of ether oxygens (including phenoxy) is 1. The third kappa shape index (κ3) is 5.35. The van der Waals surface area contributed by atoms with Gasteiger partial charge < -0.3 is 9.64 Å². The van der Waals surface area contributed by atoms with Gasteiger partial charge in [0.25, 0.3) is 0 Å². The number of amides is 4. The Labute approximate surface area is 128 Å². The first-order chi connectivity index (χ1) is 9.95. The van der Waals surface area contributed by atoms with Gasteiger partial charge in [-0.1, -0.05) is 18.2 Å². The van der Waals surface area contributed by atoms with Gasteiger partial charge in [-0.3, -0.25) is 9.62 Å². The number of nitrogens with one attached hydrogen (secondary N) is 1. The third-order valence-corrected chi connectivity index (χ3v) is 3.13. The van der Waals surface area contributed by atoms with Crippen molar-refractivity contribution in [2.24, 2.45) is 4.99 Å². The van der Waals surface area contributed by atoms with Crippen molar-refractivity contribution in [2.45, 2.75) is 4.90 Å². The zero-order chi connectivity index (χ0) is 15.8. The molecule has 7 nitrogen and oxygen atoms in total. The van der Waals surface area contributed by atoms with Crippen molar-refractivity contribution in [3.63, 3.8) is 0 Å². The summed E-state index contributed by atoms with van der Waals surface area (Å²) in [6.07, 6.45) is 0. The van der Waals surface area contributed by atoms with Crippen molar-refractivity contribution in [3.05, 3.63) is 30.3 Å². The zero-order valence-corrected chi connectivity index (χ0v) is 13.2. The van der Waals surface area contributed by atoms with E-state index in [1.807, 2.05) is 30.3 Å². The van der Waals surface area contributed by atoms with Gasteiger partial charge in [0, 0.05) is 26.0 Å². The SMILES string of the molecule is COC(=NC(=O)N(C)C)N(C)C(=O)NSc1ccccc1. The van der Waals surface area contributed by atoms with Gasteiger partial charge in [-0.15, -0.1) is 4.99 Å². The molecule has 0 atom stereocenters. The summed E-state index contributed by atoms with van der Waals surface area (Å²) in [5.74, 6) is 0. The lowest BCUT2D eigenvalue weighted by atomic mass is 10.4. The van der Waals surface area contributed by atoms with Gasteiger partial charge in [0.15, 0.2) is 0 Å². The van der Waals surface area contributed by atoms with E-state index in [-0.39, 0.29) is 6.02 Å². The Morgan fingerprint density at radius 3 is 2.33 bits per heavy atom. The number of carbonyl (C=O) groups excluding carboxylic acids is 2. The molecule has 4 amide bonds. The molecule has 0 spiro atoms. The van der Waals surface area contributed by atoms with Gasteiger partial charge >= 0.3 is 18.1 Å². The molecule has 0 bridgehead atoms. The van der Waals surface area contributed by atoms with E-state index in [0.29, 0.717) is 0 Å². The van der Waals surface area contributed by atoms with E-state index in [0.717, 1.165) is 21.7 Å². The van der Waals surface area contributed by atoms with Crippen molar-refractivity contribution in [2.75, 3.05) is 28.3 Å². The van der Waals surface area contributed by atoms with Crippen LogP contribution in [0.1, 0.15) is 0 Å². The van der Waals surface area contributed by atoms with E-state index >= 15 is 0 Å². The summed E-state index contributed by atoms with van der Waals surface area (Å²) in [5, 5.41) is 0. The number of rotatable bonds is 2. The first-order valence-corrected chi connectivity index (χ1v) is 6.87. The fourth-order valence-electron chi connectivity index (χ4n) is 1.19. The smallest absolute Gasteiger partial charge is 0.347 e. The summed E-state index contributed by atoms with van der Waals surface area (Å²) in [4.78, 5) is 30.5. The van der Waals surface area contributed by atoms with Crippen LogP contribution in [0.3, 0.4) is 0 Å². The van der Waals surface area contributed by atoms with Crippen LogP contribution in [0, 0.1) is 0 Å². The molecule has 0 radical (unpaired) electrons. The second-order valence-corrected chi connectivity index (χ2v) is 5.04. The Morgan fingerprint density at radius 2 is 1.81 bits per heavy atom. The van der Waals surface area contributed by atoms with E-state index in [1.165, 1.54) is 19.1 Å². The van der Waals surface area contributed by atoms with Crippen LogP contribution in [0.25, 0.3) is 0 Å². The van der Waals surface area contributed by atoms with Crippen LogP contribution < -0.4 is 4.72 Å². The second kappa shape index (κ2) is 8.15. The highest BCUT2D eigenvalue weighted by Gasteiger charge is 2.17. The molecule has 0 saturated heterocycles. The maximum absolute atomic E-state index is 12.0. The van der Waals surface area contributed by atoms with Crippen LogP contribution in [0.2, 0.25) is 0 Å². The lowest BCUT2D eigenvalue weighted by Crippen LogP contribution is -2.40. The molecule has 0 aliphatic rings. The molecule has 1 N–H and O–H groups in total. The quantitative estimate of drug-likeness (QED) is 0.515. The molecule has 0 aromatic heterocycles. The topological polar surface area (TPSA) is 74.2 Å². The summed E-state index contributed by atoms with van der Waals surface area (Å²) < 4.78 is 7.60. The lowest BCUT2D eigenvalue weighted by Gasteiger charge is -2.18. The number of methoxy groups -OCH3 is 1. The number of nitrogens with zero attached hydrogens (tertiary/aromatic N) is 3. The standard InChI is InChI=1S/C13H18N4O3S/c1-16(2)11(18)14-13(20-4)17(3)12(19)15-21-10-8-6-5-7-9-10/h5-9H,1-4H3,(H,15,19). The minimum atomic E-state index is -0.512. The average Bonchev–Trinajstić information content (AvgIpc) is 2.50. The Balaban J connectivity index is 2.65. The molecule has 0 aliphatic carbocycles. The highest BCUT2D eigenvalue weighted by molar-refractivity contribution is 7.98. The normalized spacial score (nSPS) is 10.8. The maximum atomic E-state index is 12.0. The number of aliphatic imine (C=N–C) groups is 1. The number of hydrogen-bond acceptors (Lipinski definition) is 4. The molecular formula is C13H18N4O3S. The van der Waals surface area contributed by atoms with Crippen molar-refractivity contribution in [1.29, 1.82) is 0 Å². The van der Waals surface area contributed by atoms with Crippen LogP contribution >= 0.6 is 11.9 Å². The minimum absolute atomic E-state index is 0.0835. The Morgan fingerprint density at radius 1 is 1.19 bits per heavy atom. The summed E-state index contributed by atoms with van der Waals surface area (Å²) in [6, 6.07) is 8.32. The largest absolute Gasteiger partial charge is 0.468 e. The van der Waals surface area contributed by atoms with Gasteiger partial charge in [0.1, 0.15) is 0 Å². The van der Waals surface area contributed by atoms with Crippen LogP contribution in [-0.4, -0.2) is 56.1 Å². The van der Waals surface area contributed by atoms with E-state index in [9.17, 15) is 9.59 Å². The Hall–Kier alpha value is -2.22. The first-order valence-electron chi connectivity index (χ1n) is 6.05. The highest BCUT2D eigenvalue weighted by Crippen LogP contribution is 2.13. The molecule has 8 heteroatoms. The summed E-state index contributed by atoms with van der Waals surface area (Å²) in [7, 11) is 5.93. The van der Waals surface area contributed by atoms with Gasteiger partial charge in [0.2, 0.25) is 0 Å². The summed E-state index contributed by atoms with van der Waals surface area (Å²) >= 11 is 1.16. The number of carbonyl (C=O) groups is 2. The molecule has 0 saturated carbocycles. The second-order valence-electron chi connectivity index (χ2n) is 4.16. The molecule has 21 heavy (non-hydrogen) atoms. The van der Waals surface area contributed by atoms with Gasteiger partial charge in [0.05, 0.1) is 7.11 Å². The summed E-state index contributed by atoms with van der Waals surface area (Å²) in [6.45, 7) is 0. The number of benzene rings is 1. The minimum Gasteiger partial charge on any atom is -0.468 e. The lowest BCUT2D eigenvalue weighted by molar-refractivity contribution is 0.218. The molecule has 1 aromatic rings. The molecule has 1 rings (SSSR count). The first kappa shape index (κ1) is 16.8. The van der Waals surface area contributed by atoms with E-state index in [4.69, 9.17) is 4.74 Å². The highest BCUT2D eigenvalue weighted by atomic mass is 32.2. The predicted molar refractivity (Wildman–Crippen MR) is 82.1 cm³/mol. The molecule has 114 valence electrons. The van der Waals surface area contributed by atoms with E-state index in [1.54, 1.807) is 14.1 Å².